The van der Waals surface area contributed by atoms with E-state index in [0.717, 1.165) is 0 Å². The van der Waals surface area contributed by atoms with Crippen LogP contribution in [0.1, 0.15) is 16.2 Å². The molecule has 1 heterocycles. The zero-order valence-electron chi connectivity index (χ0n) is 9.31. The van der Waals surface area contributed by atoms with Crippen molar-refractivity contribution in [1.82, 2.24) is 10.2 Å². The number of benzene rings is 1. The standard InChI is InChI=1S/C11H6F3N3O2/c1-15-8(18)6-2-4-7(5-3-6)9-16-17-10(19-9)11(12,13)14/h2-5H,1H2. The Hall–Kier alpha value is -2.51. The third-order valence-corrected chi connectivity index (χ3v) is 2.19. The molecule has 0 atom stereocenters. The van der Waals surface area contributed by atoms with Gasteiger partial charge in [0.1, 0.15) is 0 Å². The topological polar surface area (TPSA) is 68.3 Å². The number of hydrogen-bond acceptors (Lipinski definition) is 4. The maximum absolute atomic E-state index is 12.3. The highest BCUT2D eigenvalue weighted by Crippen LogP contribution is 2.30. The summed E-state index contributed by atoms with van der Waals surface area (Å²) < 4.78 is 41.3. The molecule has 0 saturated heterocycles. The molecule has 0 aliphatic heterocycles. The lowest BCUT2D eigenvalue weighted by Gasteiger charge is -1.98. The van der Waals surface area contributed by atoms with Gasteiger partial charge in [-0.2, -0.15) is 13.2 Å². The number of alkyl halides is 3. The molecule has 0 bridgehead atoms. The first kappa shape index (κ1) is 12.9. The molecule has 1 aromatic carbocycles. The highest BCUT2D eigenvalue weighted by Gasteiger charge is 2.38. The van der Waals surface area contributed by atoms with E-state index in [0.29, 0.717) is 0 Å². The van der Waals surface area contributed by atoms with E-state index in [1.165, 1.54) is 24.3 Å². The van der Waals surface area contributed by atoms with Crippen LogP contribution in [0.3, 0.4) is 0 Å². The Morgan fingerprint density at radius 1 is 1.21 bits per heavy atom. The highest BCUT2D eigenvalue weighted by atomic mass is 19.4. The third-order valence-electron chi connectivity index (χ3n) is 2.19. The van der Waals surface area contributed by atoms with Crippen LogP contribution in [0, 0.1) is 0 Å². The zero-order chi connectivity index (χ0) is 14.0. The van der Waals surface area contributed by atoms with Crippen molar-refractivity contribution in [2.45, 2.75) is 6.18 Å². The summed E-state index contributed by atoms with van der Waals surface area (Å²) in [6, 6.07) is 5.52. The summed E-state index contributed by atoms with van der Waals surface area (Å²) in [4.78, 5) is 14.4. The molecule has 0 aliphatic rings. The van der Waals surface area contributed by atoms with Crippen molar-refractivity contribution >= 4 is 12.6 Å². The van der Waals surface area contributed by atoms with Crippen molar-refractivity contribution in [2.24, 2.45) is 4.99 Å². The number of nitrogens with zero attached hydrogens (tertiary/aromatic N) is 3. The molecule has 2 rings (SSSR count). The van der Waals surface area contributed by atoms with Crippen LogP contribution >= 0.6 is 0 Å². The monoisotopic (exact) mass is 269 g/mol. The van der Waals surface area contributed by atoms with Crippen LogP contribution in [-0.4, -0.2) is 22.8 Å². The van der Waals surface area contributed by atoms with E-state index in [-0.39, 0.29) is 17.0 Å². The first-order chi connectivity index (χ1) is 8.91. The van der Waals surface area contributed by atoms with Crippen molar-refractivity contribution in [1.29, 1.82) is 0 Å². The minimum atomic E-state index is -4.69. The number of carbonyl (C=O) groups excluding carboxylic acids is 1. The van der Waals surface area contributed by atoms with Gasteiger partial charge in [0.2, 0.25) is 5.89 Å². The average molecular weight is 269 g/mol. The fourth-order valence-corrected chi connectivity index (χ4v) is 1.30. The first-order valence-corrected chi connectivity index (χ1v) is 4.94. The lowest BCUT2D eigenvalue weighted by Crippen LogP contribution is -2.04. The largest absolute Gasteiger partial charge is 0.470 e. The normalized spacial score (nSPS) is 11.3. The van der Waals surface area contributed by atoms with Crippen molar-refractivity contribution in [3.05, 3.63) is 35.7 Å². The van der Waals surface area contributed by atoms with Crippen LogP contribution in [0.2, 0.25) is 0 Å². The number of aromatic nitrogens is 2. The zero-order valence-corrected chi connectivity index (χ0v) is 9.31. The Bertz CT molecular complexity index is 617. The number of hydrogen-bond donors (Lipinski definition) is 0. The summed E-state index contributed by atoms with van der Waals surface area (Å²) in [5, 5.41) is 6.19. The molecule has 0 fully saturated rings. The predicted molar refractivity (Wildman–Crippen MR) is 58.6 cm³/mol. The van der Waals surface area contributed by atoms with Gasteiger partial charge >= 0.3 is 12.1 Å². The molecule has 8 heteroatoms. The van der Waals surface area contributed by atoms with Crippen LogP contribution in [0.25, 0.3) is 11.5 Å². The molecular weight excluding hydrogens is 263 g/mol. The Morgan fingerprint density at radius 2 is 1.84 bits per heavy atom. The predicted octanol–water partition coefficient (Wildman–Crippen LogP) is 2.60. The number of halogens is 3. The van der Waals surface area contributed by atoms with Crippen LogP contribution in [0.15, 0.2) is 33.7 Å². The van der Waals surface area contributed by atoms with Crippen LogP contribution in [-0.2, 0) is 6.18 Å². The quantitative estimate of drug-likeness (QED) is 0.786. The fraction of sp³-hybridized carbons (Fsp3) is 0.0909. The van der Waals surface area contributed by atoms with E-state index in [9.17, 15) is 18.0 Å². The fourth-order valence-electron chi connectivity index (χ4n) is 1.30. The molecular formula is C11H6F3N3O2. The molecule has 2 aromatic rings. The molecule has 5 nitrogen and oxygen atoms in total. The lowest BCUT2D eigenvalue weighted by molar-refractivity contribution is -0.156. The van der Waals surface area contributed by atoms with Gasteiger partial charge in [-0.05, 0) is 31.0 Å². The molecule has 19 heavy (non-hydrogen) atoms. The summed E-state index contributed by atoms with van der Waals surface area (Å²) in [6.45, 7) is 3.08. The minimum absolute atomic E-state index is 0.259. The van der Waals surface area contributed by atoms with E-state index < -0.39 is 18.0 Å². The Labute approximate surface area is 104 Å². The van der Waals surface area contributed by atoms with E-state index >= 15 is 0 Å². The Balaban J connectivity index is 2.30. The molecule has 0 N–H and O–H groups in total. The van der Waals surface area contributed by atoms with Gasteiger partial charge in [-0.1, -0.05) is 0 Å². The van der Waals surface area contributed by atoms with Gasteiger partial charge in [0.25, 0.3) is 5.91 Å². The summed E-state index contributed by atoms with van der Waals surface area (Å²) in [5.74, 6) is -2.23. The maximum atomic E-state index is 12.3. The third kappa shape index (κ3) is 2.67. The smallest absolute Gasteiger partial charge is 0.413 e. The molecule has 0 saturated carbocycles. The maximum Gasteiger partial charge on any atom is 0.470 e. The Kier molecular flexibility index (Phi) is 3.16. The van der Waals surface area contributed by atoms with Gasteiger partial charge in [-0.3, -0.25) is 4.79 Å². The lowest BCUT2D eigenvalue weighted by atomic mass is 10.1. The van der Waals surface area contributed by atoms with Crippen molar-refractivity contribution in [3.63, 3.8) is 0 Å². The summed E-state index contributed by atoms with van der Waals surface area (Å²) in [6.07, 6.45) is -4.69. The van der Waals surface area contributed by atoms with Crippen LogP contribution in [0.4, 0.5) is 13.2 Å². The van der Waals surface area contributed by atoms with Gasteiger partial charge in [-0.25, -0.2) is 4.99 Å². The number of amides is 1. The molecule has 1 aromatic heterocycles. The van der Waals surface area contributed by atoms with E-state index in [4.69, 9.17) is 0 Å². The van der Waals surface area contributed by atoms with Crippen molar-refractivity contribution in [2.75, 3.05) is 0 Å². The molecule has 0 spiro atoms. The first-order valence-electron chi connectivity index (χ1n) is 4.94. The van der Waals surface area contributed by atoms with E-state index in [1.54, 1.807) is 0 Å². The van der Waals surface area contributed by atoms with Gasteiger partial charge < -0.3 is 4.42 Å². The Morgan fingerprint density at radius 3 is 2.32 bits per heavy atom. The van der Waals surface area contributed by atoms with Gasteiger partial charge in [-0.15, -0.1) is 10.2 Å². The number of aliphatic imine (C=N–C) groups is 1. The number of rotatable bonds is 2. The molecule has 0 radical (unpaired) electrons. The van der Waals surface area contributed by atoms with Gasteiger partial charge in [0.15, 0.2) is 0 Å². The van der Waals surface area contributed by atoms with Crippen LogP contribution < -0.4 is 0 Å². The van der Waals surface area contributed by atoms with Gasteiger partial charge in [0.05, 0.1) is 0 Å². The van der Waals surface area contributed by atoms with E-state index in [1.807, 2.05) is 0 Å². The average Bonchev–Trinajstić information content (AvgIpc) is 2.87. The van der Waals surface area contributed by atoms with Crippen molar-refractivity contribution in [3.8, 4) is 11.5 Å². The summed E-state index contributed by atoms with van der Waals surface area (Å²) in [5.41, 5.74) is 0.526. The van der Waals surface area contributed by atoms with E-state index in [2.05, 4.69) is 26.3 Å². The van der Waals surface area contributed by atoms with Gasteiger partial charge in [0, 0.05) is 11.1 Å². The number of carbonyl (C=O) groups is 1. The summed E-state index contributed by atoms with van der Waals surface area (Å²) >= 11 is 0. The SMILES string of the molecule is C=NC(=O)c1ccc(-c2nnc(C(F)(F)F)o2)cc1. The second kappa shape index (κ2) is 4.63. The highest BCUT2D eigenvalue weighted by molar-refractivity contribution is 5.97. The minimum Gasteiger partial charge on any atom is -0.413 e. The van der Waals surface area contributed by atoms with Crippen LogP contribution in [0.5, 0.6) is 0 Å². The molecule has 0 unspecified atom stereocenters. The second-order valence-electron chi connectivity index (χ2n) is 3.45. The summed E-state index contributed by atoms with van der Waals surface area (Å²) in [7, 11) is 0. The molecule has 0 aliphatic carbocycles. The second-order valence-corrected chi connectivity index (χ2v) is 3.45. The molecule has 98 valence electrons. The van der Waals surface area contributed by atoms with Crippen molar-refractivity contribution < 1.29 is 22.4 Å². The molecule has 1 amide bonds.